The highest BCUT2D eigenvalue weighted by molar-refractivity contribution is 5.07. The highest BCUT2D eigenvalue weighted by Gasteiger charge is 2.32. The zero-order valence-corrected chi connectivity index (χ0v) is 12.7. The third-order valence-corrected chi connectivity index (χ3v) is 4.19. The Balaban J connectivity index is 2.28. The van der Waals surface area contributed by atoms with Gasteiger partial charge in [-0.05, 0) is 59.0 Å². The van der Waals surface area contributed by atoms with Gasteiger partial charge in [-0.15, -0.1) is 0 Å². The summed E-state index contributed by atoms with van der Waals surface area (Å²) >= 11 is 0. The van der Waals surface area contributed by atoms with Crippen molar-refractivity contribution in [1.29, 1.82) is 5.26 Å². The molecule has 2 atom stereocenters. The molecule has 104 valence electrons. The molecule has 0 aliphatic heterocycles. The SMILES string of the molecule is CC(C)C(C)N(C)CCCC(C)(C#N)NC1CC1. The first-order chi connectivity index (χ1) is 8.38. The molecule has 1 saturated carbocycles. The number of hydrogen-bond donors (Lipinski definition) is 1. The molecule has 3 heteroatoms. The maximum atomic E-state index is 9.30. The lowest BCUT2D eigenvalue weighted by Gasteiger charge is -2.29. The van der Waals surface area contributed by atoms with Gasteiger partial charge in [-0.1, -0.05) is 13.8 Å². The molecule has 0 radical (unpaired) electrons. The number of hydrogen-bond acceptors (Lipinski definition) is 3. The fourth-order valence-electron chi connectivity index (χ4n) is 2.23. The molecule has 0 heterocycles. The number of nitriles is 1. The Labute approximate surface area is 113 Å². The van der Waals surface area contributed by atoms with Crippen molar-refractivity contribution in [3.8, 4) is 6.07 Å². The van der Waals surface area contributed by atoms with Gasteiger partial charge in [0.25, 0.3) is 0 Å². The Morgan fingerprint density at radius 3 is 2.44 bits per heavy atom. The normalized spacial score (nSPS) is 20.8. The van der Waals surface area contributed by atoms with E-state index < -0.39 is 0 Å². The van der Waals surface area contributed by atoms with Crippen molar-refractivity contribution >= 4 is 0 Å². The molecule has 0 aromatic rings. The lowest BCUT2D eigenvalue weighted by Crippen LogP contribution is -2.43. The fourth-order valence-corrected chi connectivity index (χ4v) is 2.23. The van der Waals surface area contributed by atoms with Crippen LogP contribution in [0, 0.1) is 17.2 Å². The molecule has 1 fully saturated rings. The summed E-state index contributed by atoms with van der Waals surface area (Å²) in [5.74, 6) is 0.682. The first-order valence-corrected chi connectivity index (χ1v) is 7.27. The van der Waals surface area contributed by atoms with Crippen LogP contribution in [0.15, 0.2) is 0 Å². The van der Waals surface area contributed by atoms with Crippen LogP contribution in [0.4, 0.5) is 0 Å². The van der Waals surface area contributed by atoms with E-state index in [1.54, 1.807) is 0 Å². The highest BCUT2D eigenvalue weighted by Crippen LogP contribution is 2.24. The van der Waals surface area contributed by atoms with Gasteiger partial charge in [-0.3, -0.25) is 5.32 Å². The summed E-state index contributed by atoms with van der Waals surface area (Å²) in [5.41, 5.74) is -0.330. The summed E-state index contributed by atoms with van der Waals surface area (Å²) in [5, 5.41) is 12.8. The molecule has 1 rings (SSSR count). The maximum Gasteiger partial charge on any atom is 0.104 e. The van der Waals surface area contributed by atoms with E-state index in [0.717, 1.165) is 19.4 Å². The van der Waals surface area contributed by atoms with Gasteiger partial charge in [-0.25, -0.2) is 0 Å². The average molecular weight is 251 g/mol. The third-order valence-electron chi connectivity index (χ3n) is 4.19. The van der Waals surface area contributed by atoms with Crippen LogP contribution in [0.25, 0.3) is 0 Å². The second kappa shape index (κ2) is 6.54. The summed E-state index contributed by atoms with van der Waals surface area (Å²) in [4.78, 5) is 2.40. The summed E-state index contributed by atoms with van der Waals surface area (Å²) in [7, 11) is 2.18. The van der Waals surface area contributed by atoms with Gasteiger partial charge < -0.3 is 4.90 Å². The Hall–Kier alpha value is -0.590. The van der Waals surface area contributed by atoms with E-state index in [0.29, 0.717) is 18.0 Å². The van der Waals surface area contributed by atoms with Gasteiger partial charge >= 0.3 is 0 Å². The lowest BCUT2D eigenvalue weighted by atomic mass is 9.96. The molecule has 3 nitrogen and oxygen atoms in total. The van der Waals surface area contributed by atoms with Crippen LogP contribution in [0.3, 0.4) is 0 Å². The Morgan fingerprint density at radius 2 is 2.00 bits per heavy atom. The number of nitrogens with one attached hydrogen (secondary N) is 1. The van der Waals surface area contributed by atoms with Crippen LogP contribution in [0.1, 0.15) is 53.4 Å². The average Bonchev–Trinajstić information content (AvgIpc) is 3.11. The molecule has 1 N–H and O–H groups in total. The van der Waals surface area contributed by atoms with Gasteiger partial charge in [0.05, 0.1) is 6.07 Å². The molecule has 0 amide bonds. The van der Waals surface area contributed by atoms with Crippen molar-refractivity contribution in [3.05, 3.63) is 0 Å². The summed E-state index contributed by atoms with van der Waals surface area (Å²) in [6.45, 7) is 9.90. The summed E-state index contributed by atoms with van der Waals surface area (Å²) < 4.78 is 0. The number of rotatable bonds is 8. The molecule has 18 heavy (non-hydrogen) atoms. The van der Waals surface area contributed by atoms with E-state index >= 15 is 0 Å². The second-order valence-corrected chi connectivity index (χ2v) is 6.43. The third kappa shape index (κ3) is 4.96. The largest absolute Gasteiger partial charge is 0.303 e. The molecule has 1 aliphatic carbocycles. The minimum atomic E-state index is -0.330. The quantitative estimate of drug-likeness (QED) is 0.721. The fraction of sp³-hybridized carbons (Fsp3) is 0.933. The predicted molar refractivity (Wildman–Crippen MR) is 76.3 cm³/mol. The minimum absolute atomic E-state index is 0.330. The zero-order chi connectivity index (χ0) is 13.8. The van der Waals surface area contributed by atoms with E-state index in [1.165, 1.54) is 12.8 Å². The van der Waals surface area contributed by atoms with E-state index in [-0.39, 0.29) is 5.54 Å². The van der Waals surface area contributed by atoms with Crippen LogP contribution in [-0.4, -0.2) is 36.1 Å². The summed E-state index contributed by atoms with van der Waals surface area (Å²) in [6.07, 6.45) is 4.50. The van der Waals surface area contributed by atoms with Gasteiger partial charge in [0.15, 0.2) is 0 Å². The van der Waals surface area contributed by atoms with Crippen LogP contribution in [0.2, 0.25) is 0 Å². The van der Waals surface area contributed by atoms with Gasteiger partial charge in [-0.2, -0.15) is 5.26 Å². The molecule has 2 unspecified atom stereocenters. The first-order valence-electron chi connectivity index (χ1n) is 7.27. The topological polar surface area (TPSA) is 39.1 Å². The molecule has 0 saturated heterocycles. The first kappa shape index (κ1) is 15.5. The maximum absolute atomic E-state index is 9.30. The van der Waals surface area contributed by atoms with Crippen LogP contribution in [-0.2, 0) is 0 Å². The van der Waals surface area contributed by atoms with Crippen LogP contribution >= 0.6 is 0 Å². The van der Waals surface area contributed by atoms with E-state index in [2.05, 4.69) is 44.1 Å². The van der Waals surface area contributed by atoms with E-state index in [4.69, 9.17) is 0 Å². The van der Waals surface area contributed by atoms with Crippen molar-refractivity contribution in [1.82, 2.24) is 10.2 Å². The molecular formula is C15H29N3. The van der Waals surface area contributed by atoms with Gasteiger partial charge in [0.2, 0.25) is 0 Å². The van der Waals surface area contributed by atoms with Crippen molar-refractivity contribution in [2.45, 2.75) is 71.0 Å². The molecule has 0 aromatic carbocycles. The molecule has 0 aromatic heterocycles. The van der Waals surface area contributed by atoms with Gasteiger partial charge in [0.1, 0.15) is 5.54 Å². The van der Waals surface area contributed by atoms with E-state index in [1.807, 2.05) is 6.92 Å². The zero-order valence-electron chi connectivity index (χ0n) is 12.7. The Bertz CT molecular complexity index is 291. The lowest BCUT2D eigenvalue weighted by molar-refractivity contribution is 0.199. The van der Waals surface area contributed by atoms with Crippen molar-refractivity contribution < 1.29 is 0 Å². The van der Waals surface area contributed by atoms with Gasteiger partial charge in [0, 0.05) is 12.1 Å². The molecule has 0 bridgehead atoms. The van der Waals surface area contributed by atoms with Crippen molar-refractivity contribution in [3.63, 3.8) is 0 Å². The minimum Gasteiger partial charge on any atom is -0.303 e. The van der Waals surface area contributed by atoms with Crippen LogP contribution in [0.5, 0.6) is 0 Å². The van der Waals surface area contributed by atoms with Crippen molar-refractivity contribution in [2.75, 3.05) is 13.6 Å². The summed E-state index contributed by atoms with van der Waals surface area (Å²) in [6, 6.07) is 3.65. The Morgan fingerprint density at radius 1 is 1.39 bits per heavy atom. The van der Waals surface area contributed by atoms with Crippen LogP contribution < -0.4 is 5.32 Å². The van der Waals surface area contributed by atoms with Crippen molar-refractivity contribution in [2.24, 2.45) is 5.92 Å². The standard InChI is InChI=1S/C15H29N3/c1-12(2)13(3)18(5)10-6-9-15(4,11-16)17-14-7-8-14/h12-14,17H,6-10H2,1-5H3. The second-order valence-electron chi connectivity index (χ2n) is 6.43. The predicted octanol–water partition coefficient (Wildman–Crippen LogP) is 2.78. The Kier molecular flexibility index (Phi) is 5.62. The molecule has 1 aliphatic rings. The van der Waals surface area contributed by atoms with E-state index in [9.17, 15) is 5.26 Å². The highest BCUT2D eigenvalue weighted by atomic mass is 15.1. The molecule has 0 spiro atoms. The number of nitrogens with zero attached hydrogens (tertiary/aromatic N) is 2. The smallest absolute Gasteiger partial charge is 0.104 e. The molecular weight excluding hydrogens is 222 g/mol. The monoisotopic (exact) mass is 251 g/mol.